The number of aromatic hydroxyl groups is 1. The lowest BCUT2D eigenvalue weighted by Gasteiger charge is -2.26. The molecule has 1 aromatic carbocycles. The van der Waals surface area contributed by atoms with E-state index in [0.717, 1.165) is 16.2 Å². The fourth-order valence-electron chi connectivity index (χ4n) is 4.38. The highest BCUT2D eigenvalue weighted by Gasteiger charge is 2.32. The Morgan fingerprint density at radius 2 is 2.11 bits per heavy atom. The van der Waals surface area contributed by atoms with Gasteiger partial charge in [0.1, 0.15) is 23.6 Å². The number of nitrogens with zero attached hydrogens (tertiary/aromatic N) is 6. The first-order chi connectivity index (χ1) is 17.7. The fourth-order valence-corrected chi connectivity index (χ4v) is 4.38. The lowest BCUT2D eigenvalue weighted by atomic mass is 9.79. The van der Waals surface area contributed by atoms with E-state index in [1.165, 1.54) is 31.6 Å². The molecule has 0 unspecified atom stereocenters. The maximum absolute atomic E-state index is 14.0. The highest BCUT2D eigenvalue weighted by molar-refractivity contribution is 6.04. The molecule has 2 atom stereocenters. The van der Waals surface area contributed by atoms with E-state index in [0.29, 0.717) is 17.8 Å². The molecule has 3 aromatic heterocycles. The van der Waals surface area contributed by atoms with Gasteiger partial charge in [-0.2, -0.15) is 10.4 Å². The number of carbonyl (C=O) groups is 1. The van der Waals surface area contributed by atoms with Crippen molar-refractivity contribution in [2.24, 2.45) is 7.05 Å². The number of benzene rings is 1. The predicted molar refractivity (Wildman–Crippen MR) is 130 cm³/mol. The molecule has 11 nitrogen and oxygen atoms in total. The largest absolute Gasteiger partial charge is 0.501 e. The summed E-state index contributed by atoms with van der Waals surface area (Å²) >= 11 is 0. The third-order valence-electron chi connectivity index (χ3n) is 6.23. The van der Waals surface area contributed by atoms with Crippen molar-refractivity contribution in [3.05, 3.63) is 86.9 Å². The molecule has 2 N–H and O–H groups in total. The topological polar surface area (TPSA) is 152 Å². The number of amides is 1. The molecule has 0 aliphatic rings. The Kier molecular flexibility index (Phi) is 6.88. The SMILES string of the molecule is CCn1cc([C@@H](c2ccc(F)cc2C#N)[C@H](C)c2nc(C(=O)Nc3cnoc3)c(O)c(=O)n2C)c(C)n1. The van der Waals surface area contributed by atoms with Crippen molar-refractivity contribution in [2.45, 2.75) is 39.2 Å². The summed E-state index contributed by atoms with van der Waals surface area (Å²) in [6, 6.07) is 5.98. The summed E-state index contributed by atoms with van der Waals surface area (Å²) < 4.78 is 21.6. The zero-order valence-electron chi connectivity index (χ0n) is 20.6. The number of aromatic nitrogens is 5. The van der Waals surface area contributed by atoms with Crippen LogP contribution in [0.1, 0.15) is 64.4 Å². The fraction of sp³-hybridized carbons (Fsp3) is 0.280. The smallest absolute Gasteiger partial charge is 0.296 e. The Hall–Kier alpha value is -4.79. The van der Waals surface area contributed by atoms with Crippen LogP contribution in [-0.4, -0.2) is 35.5 Å². The summed E-state index contributed by atoms with van der Waals surface area (Å²) in [5, 5.41) is 30.7. The molecular weight excluding hydrogens is 481 g/mol. The first-order valence-corrected chi connectivity index (χ1v) is 11.4. The number of nitrogens with one attached hydrogen (secondary N) is 1. The van der Waals surface area contributed by atoms with Crippen LogP contribution >= 0.6 is 0 Å². The van der Waals surface area contributed by atoms with Crippen molar-refractivity contribution in [1.82, 2.24) is 24.5 Å². The first-order valence-electron chi connectivity index (χ1n) is 11.4. The van der Waals surface area contributed by atoms with Crippen LogP contribution < -0.4 is 10.9 Å². The molecule has 0 aliphatic heterocycles. The van der Waals surface area contributed by atoms with Gasteiger partial charge in [0.25, 0.3) is 11.5 Å². The molecule has 4 aromatic rings. The maximum atomic E-state index is 14.0. The quantitative estimate of drug-likeness (QED) is 0.388. The van der Waals surface area contributed by atoms with E-state index in [4.69, 9.17) is 4.52 Å². The summed E-state index contributed by atoms with van der Waals surface area (Å²) in [5.74, 6) is -3.26. The Labute approximate surface area is 210 Å². The van der Waals surface area contributed by atoms with E-state index in [2.05, 4.69) is 20.6 Å². The highest BCUT2D eigenvalue weighted by Crippen LogP contribution is 2.40. The van der Waals surface area contributed by atoms with Gasteiger partial charge in [0.15, 0.2) is 5.69 Å². The van der Waals surface area contributed by atoms with Gasteiger partial charge in [0.2, 0.25) is 5.75 Å². The predicted octanol–water partition coefficient (Wildman–Crippen LogP) is 3.20. The Morgan fingerprint density at radius 3 is 2.73 bits per heavy atom. The molecule has 0 saturated carbocycles. The van der Waals surface area contributed by atoms with Crippen LogP contribution in [0.25, 0.3) is 0 Å². The second kappa shape index (κ2) is 10.1. The van der Waals surface area contributed by atoms with E-state index < -0.39 is 40.6 Å². The lowest BCUT2D eigenvalue weighted by Crippen LogP contribution is -2.29. The van der Waals surface area contributed by atoms with Gasteiger partial charge in [-0.05, 0) is 31.5 Å². The number of hydrogen-bond acceptors (Lipinski definition) is 8. The van der Waals surface area contributed by atoms with Gasteiger partial charge in [-0.15, -0.1) is 0 Å². The van der Waals surface area contributed by atoms with Crippen molar-refractivity contribution in [2.75, 3.05) is 5.32 Å². The second-order valence-corrected chi connectivity index (χ2v) is 8.53. The number of rotatable bonds is 7. The summed E-state index contributed by atoms with van der Waals surface area (Å²) in [6.45, 7) is 6.12. The van der Waals surface area contributed by atoms with Crippen molar-refractivity contribution >= 4 is 11.6 Å². The molecule has 0 bridgehead atoms. The maximum Gasteiger partial charge on any atom is 0.296 e. The lowest BCUT2D eigenvalue weighted by molar-refractivity contribution is 0.101. The van der Waals surface area contributed by atoms with Gasteiger partial charge in [-0.1, -0.05) is 18.1 Å². The summed E-state index contributed by atoms with van der Waals surface area (Å²) in [5.41, 5.74) is 0.961. The monoisotopic (exact) mass is 505 g/mol. The van der Waals surface area contributed by atoms with E-state index in [9.17, 15) is 24.3 Å². The molecule has 1 amide bonds. The molecule has 37 heavy (non-hydrogen) atoms. The van der Waals surface area contributed by atoms with E-state index in [-0.39, 0.29) is 17.1 Å². The minimum Gasteiger partial charge on any atom is -0.501 e. The molecule has 3 heterocycles. The molecule has 0 radical (unpaired) electrons. The molecule has 190 valence electrons. The molecule has 0 aliphatic carbocycles. The molecule has 12 heteroatoms. The Bertz CT molecular complexity index is 1570. The van der Waals surface area contributed by atoms with Gasteiger partial charge < -0.3 is 14.9 Å². The normalized spacial score (nSPS) is 12.6. The number of carbonyl (C=O) groups excluding carboxylic acids is 1. The van der Waals surface area contributed by atoms with E-state index in [1.54, 1.807) is 11.6 Å². The van der Waals surface area contributed by atoms with Crippen LogP contribution in [0.15, 0.2) is 46.2 Å². The van der Waals surface area contributed by atoms with Gasteiger partial charge in [-0.25, -0.2) is 9.37 Å². The van der Waals surface area contributed by atoms with Crippen LogP contribution in [0.2, 0.25) is 0 Å². The zero-order valence-corrected chi connectivity index (χ0v) is 20.6. The summed E-state index contributed by atoms with van der Waals surface area (Å²) in [7, 11) is 1.43. The van der Waals surface area contributed by atoms with Crippen LogP contribution in [0.3, 0.4) is 0 Å². The third-order valence-corrected chi connectivity index (χ3v) is 6.23. The molecule has 0 saturated heterocycles. The molecule has 0 spiro atoms. The van der Waals surface area contributed by atoms with Crippen LogP contribution in [0.5, 0.6) is 5.75 Å². The average molecular weight is 506 g/mol. The van der Waals surface area contributed by atoms with E-state index in [1.807, 2.05) is 26.1 Å². The highest BCUT2D eigenvalue weighted by atomic mass is 19.1. The van der Waals surface area contributed by atoms with Gasteiger partial charge in [0, 0.05) is 37.2 Å². The first kappa shape index (κ1) is 25.3. The van der Waals surface area contributed by atoms with Crippen molar-refractivity contribution < 1.29 is 18.8 Å². The number of hydrogen-bond donors (Lipinski definition) is 2. The number of halogens is 1. The number of nitriles is 1. The van der Waals surface area contributed by atoms with Crippen LogP contribution in [-0.2, 0) is 13.6 Å². The van der Waals surface area contributed by atoms with Crippen LogP contribution in [0.4, 0.5) is 10.1 Å². The van der Waals surface area contributed by atoms with Crippen molar-refractivity contribution in [1.29, 1.82) is 5.26 Å². The molecule has 0 fully saturated rings. The number of aryl methyl sites for hydroxylation is 2. The second-order valence-electron chi connectivity index (χ2n) is 8.53. The van der Waals surface area contributed by atoms with E-state index >= 15 is 0 Å². The molecular formula is C25H24FN7O4. The van der Waals surface area contributed by atoms with Gasteiger partial charge >= 0.3 is 0 Å². The summed E-state index contributed by atoms with van der Waals surface area (Å²) in [6.07, 6.45) is 4.27. The van der Waals surface area contributed by atoms with Crippen molar-refractivity contribution in [3.8, 4) is 11.8 Å². The minimum atomic E-state index is -0.835. The number of anilines is 1. The Balaban J connectivity index is 1.90. The van der Waals surface area contributed by atoms with Crippen molar-refractivity contribution in [3.63, 3.8) is 0 Å². The molecule has 4 rings (SSSR count). The van der Waals surface area contributed by atoms with Crippen LogP contribution in [0, 0.1) is 24.1 Å². The standard InChI is InChI=1S/C25H24FN7O4/c1-5-33-11-19(14(3)31-33)20(18-7-6-16(26)8-15(18)9-27)13(2)23-30-21(22(34)25(36)32(23)4)24(35)29-17-10-28-37-12-17/h6-8,10-13,20,34H,5H2,1-4H3,(H,29,35)/t13-,20+/m0/s1. The minimum absolute atomic E-state index is 0.120. The average Bonchev–Trinajstić information content (AvgIpc) is 3.53. The van der Waals surface area contributed by atoms with Gasteiger partial charge in [-0.3, -0.25) is 18.8 Å². The Morgan fingerprint density at radius 1 is 1.35 bits per heavy atom. The summed E-state index contributed by atoms with van der Waals surface area (Å²) in [4.78, 5) is 30.2. The van der Waals surface area contributed by atoms with Gasteiger partial charge in [0.05, 0.1) is 23.5 Å². The zero-order chi connectivity index (χ0) is 26.9. The third kappa shape index (κ3) is 4.71.